The van der Waals surface area contributed by atoms with Gasteiger partial charge in [-0.3, -0.25) is 0 Å². The van der Waals surface area contributed by atoms with Crippen LogP contribution in [0.4, 0.5) is 17.6 Å². The zero-order chi connectivity index (χ0) is 20.4. The quantitative estimate of drug-likeness (QED) is 0.400. The number of halogens is 4. The van der Waals surface area contributed by atoms with Crippen molar-refractivity contribution in [1.82, 2.24) is 5.32 Å². The summed E-state index contributed by atoms with van der Waals surface area (Å²) in [5.41, 5.74) is 1.02. The first-order valence-corrected chi connectivity index (χ1v) is 8.95. The van der Waals surface area contributed by atoms with Crippen molar-refractivity contribution in [2.45, 2.75) is 39.8 Å². The number of benzene rings is 1. The monoisotopic (exact) mass is 385 g/mol. The Kier molecular flexibility index (Phi) is 9.68. The molecule has 0 saturated carbocycles. The molecule has 0 aliphatic heterocycles. The maximum Gasteiger partial charge on any atom is 0.139 e. The van der Waals surface area contributed by atoms with Crippen LogP contribution in [0, 0.1) is 11.6 Å². The van der Waals surface area contributed by atoms with Crippen molar-refractivity contribution in [2.24, 2.45) is 0 Å². The highest BCUT2D eigenvalue weighted by molar-refractivity contribution is 5.73. The zero-order valence-electron chi connectivity index (χ0n) is 16.2. The molecular weight excluding hydrogens is 358 g/mol. The summed E-state index contributed by atoms with van der Waals surface area (Å²) in [4.78, 5) is 0. The van der Waals surface area contributed by atoms with Crippen LogP contribution in [-0.2, 0) is 0 Å². The van der Waals surface area contributed by atoms with Gasteiger partial charge < -0.3 is 10.1 Å². The summed E-state index contributed by atoms with van der Waals surface area (Å²) in [6.07, 6.45) is 4.46. The molecule has 0 aliphatic rings. The largest absolute Gasteiger partial charge is 0.491 e. The topological polar surface area (TPSA) is 21.3 Å². The first-order chi connectivity index (χ1) is 12.9. The Balaban J connectivity index is 3.60. The van der Waals surface area contributed by atoms with Crippen LogP contribution in [0.15, 0.2) is 41.5 Å². The van der Waals surface area contributed by atoms with Crippen molar-refractivity contribution in [1.29, 1.82) is 0 Å². The summed E-state index contributed by atoms with van der Waals surface area (Å²) in [7, 11) is 1.53. The molecule has 6 heteroatoms. The summed E-state index contributed by atoms with van der Waals surface area (Å²) >= 11 is 0. The van der Waals surface area contributed by atoms with Gasteiger partial charge in [0.05, 0.1) is 11.3 Å². The molecule has 1 aromatic rings. The fourth-order valence-electron chi connectivity index (χ4n) is 2.74. The van der Waals surface area contributed by atoms with E-state index < -0.39 is 24.5 Å². The lowest BCUT2D eigenvalue weighted by atomic mass is 9.93. The Labute approximate surface area is 158 Å². The van der Waals surface area contributed by atoms with Gasteiger partial charge in [0.2, 0.25) is 0 Å². The van der Waals surface area contributed by atoms with E-state index in [1.807, 2.05) is 6.92 Å². The summed E-state index contributed by atoms with van der Waals surface area (Å²) in [6, 6.07) is 2.00. The van der Waals surface area contributed by atoms with Crippen LogP contribution in [-0.4, -0.2) is 26.5 Å². The highest BCUT2D eigenvalue weighted by Gasteiger charge is 2.22. The van der Waals surface area contributed by atoms with Gasteiger partial charge in [0, 0.05) is 25.6 Å². The number of hydrogen-bond acceptors (Lipinski definition) is 2. The highest BCUT2D eigenvalue weighted by atomic mass is 19.1. The van der Waals surface area contributed by atoms with Crippen molar-refractivity contribution < 1.29 is 22.3 Å². The van der Waals surface area contributed by atoms with Crippen LogP contribution in [0.5, 0.6) is 5.75 Å². The fourth-order valence-corrected chi connectivity index (χ4v) is 2.74. The number of rotatable bonds is 10. The molecule has 0 aliphatic carbocycles. The molecule has 27 heavy (non-hydrogen) atoms. The number of alkyl halides is 2. The molecule has 150 valence electrons. The third kappa shape index (κ3) is 6.15. The Bertz CT molecular complexity index is 687. The van der Waals surface area contributed by atoms with Gasteiger partial charge in [-0.15, -0.1) is 0 Å². The van der Waals surface area contributed by atoms with E-state index in [1.54, 1.807) is 32.1 Å². The molecule has 1 N–H and O–H groups in total. The van der Waals surface area contributed by atoms with E-state index in [9.17, 15) is 17.6 Å². The minimum absolute atomic E-state index is 0.00959. The molecule has 0 fully saturated rings. The van der Waals surface area contributed by atoms with E-state index in [0.29, 0.717) is 11.1 Å². The van der Waals surface area contributed by atoms with Crippen molar-refractivity contribution in [2.75, 3.05) is 20.3 Å². The average Bonchev–Trinajstić information content (AvgIpc) is 2.65. The van der Waals surface area contributed by atoms with Crippen LogP contribution < -0.4 is 10.1 Å². The SMILES string of the molecule is C\C=C/C(=C\C)C(/CC(F)CC)=C(/NC)c1c(F)cc(OCCF)cc1F. The number of nitrogens with one attached hydrogen (secondary N) is 1. The molecule has 0 amide bonds. The van der Waals surface area contributed by atoms with E-state index in [-0.39, 0.29) is 36.5 Å². The summed E-state index contributed by atoms with van der Waals surface area (Å²) in [5.74, 6) is -1.83. The van der Waals surface area contributed by atoms with Crippen molar-refractivity contribution in [3.8, 4) is 5.75 Å². The lowest BCUT2D eigenvalue weighted by Gasteiger charge is -2.20. The molecule has 0 heterocycles. The summed E-state index contributed by atoms with van der Waals surface area (Å²) in [5, 5.41) is 2.82. The molecule has 1 rings (SSSR count). The van der Waals surface area contributed by atoms with Gasteiger partial charge in [-0.05, 0) is 31.4 Å². The fraction of sp³-hybridized carbons (Fsp3) is 0.429. The van der Waals surface area contributed by atoms with Gasteiger partial charge in [-0.2, -0.15) is 0 Å². The van der Waals surface area contributed by atoms with Crippen molar-refractivity contribution in [3.63, 3.8) is 0 Å². The minimum atomic E-state index is -1.15. The average molecular weight is 385 g/mol. The van der Waals surface area contributed by atoms with E-state index in [4.69, 9.17) is 4.74 Å². The van der Waals surface area contributed by atoms with Crippen molar-refractivity contribution >= 4 is 5.70 Å². The van der Waals surface area contributed by atoms with Gasteiger partial charge in [0.25, 0.3) is 0 Å². The molecule has 0 spiro atoms. The highest BCUT2D eigenvalue weighted by Crippen LogP contribution is 2.32. The third-order valence-corrected chi connectivity index (χ3v) is 4.04. The normalized spacial score (nSPS) is 14.3. The lowest BCUT2D eigenvalue weighted by Crippen LogP contribution is -2.15. The predicted octanol–water partition coefficient (Wildman–Crippen LogP) is 5.90. The number of hydrogen-bond donors (Lipinski definition) is 1. The first-order valence-electron chi connectivity index (χ1n) is 8.95. The molecule has 0 radical (unpaired) electrons. The number of allylic oxidation sites excluding steroid dienone is 5. The standard InChI is InChI=1S/C21H27F4NO/c1-5-8-14(6-2)17(11-15(23)7-3)21(26-4)20-18(24)12-16(13-19(20)25)27-10-9-22/h5-6,8,12-13,15,26H,7,9-11H2,1-4H3/b8-5-,14-6+,21-17+. The summed E-state index contributed by atoms with van der Waals surface area (Å²) in [6.45, 7) is 4.25. The van der Waals surface area contributed by atoms with Crippen LogP contribution in [0.2, 0.25) is 0 Å². The third-order valence-electron chi connectivity index (χ3n) is 4.04. The maximum absolute atomic E-state index is 14.7. The smallest absolute Gasteiger partial charge is 0.139 e. The molecule has 1 atom stereocenters. The summed E-state index contributed by atoms with van der Waals surface area (Å²) < 4.78 is 60.7. The predicted molar refractivity (Wildman–Crippen MR) is 102 cm³/mol. The molecule has 0 aromatic heterocycles. The van der Waals surface area contributed by atoms with Gasteiger partial charge in [-0.25, -0.2) is 17.6 Å². The van der Waals surface area contributed by atoms with Gasteiger partial charge in [0.15, 0.2) is 0 Å². The van der Waals surface area contributed by atoms with E-state index >= 15 is 0 Å². The molecular formula is C21H27F4NO. The van der Waals surface area contributed by atoms with Gasteiger partial charge >= 0.3 is 0 Å². The molecule has 2 nitrogen and oxygen atoms in total. The van der Waals surface area contributed by atoms with Crippen LogP contribution >= 0.6 is 0 Å². The molecule has 1 unspecified atom stereocenters. The second-order valence-corrected chi connectivity index (χ2v) is 5.86. The number of ether oxygens (including phenoxy) is 1. The van der Waals surface area contributed by atoms with Crippen LogP contribution in [0.3, 0.4) is 0 Å². The van der Waals surface area contributed by atoms with Crippen LogP contribution in [0.25, 0.3) is 5.70 Å². The Hall–Kier alpha value is -2.24. The molecule has 0 saturated heterocycles. The van der Waals surface area contributed by atoms with Gasteiger partial charge in [-0.1, -0.05) is 25.2 Å². The zero-order valence-corrected chi connectivity index (χ0v) is 16.2. The maximum atomic E-state index is 14.7. The Morgan fingerprint density at radius 3 is 2.30 bits per heavy atom. The van der Waals surface area contributed by atoms with E-state index in [0.717, 1.165) is 12.1 Å². The molecule has 0 bridgehead atoms. The lowest BCUT2D eigenvalue weighted by molar-refractivity contribution is 0.271. The van der Waals surface area contributed by atoms with E-state index in [2.05, 4.69) is 5.32 Å². The van der Waals surface area contributed by atoms with E-state index in [1.165, 1.54) is 7.05 Å². The first kappa shape index (κ1) is 22.8. The van der Waals surface area contributed by atoms with Crippen LogP contribution in [0.1, 0.15) is 39.2 Å². The Morgan fingerprint density at radius 1 is 1.22 bits per heavy atom. The minimum Gasteiger partial charge on any atom is -0.491 e. The molecule has 1 aromatic carbocycles. The Morgan fingerprint density at radius 2 is 1.85 bits per heavy atom. The second-order valence-electron chi connectivity index (χ2n) is 5.86. The second kappa shape index (κ2) is 11.5. The van der Waals surface area contributed by atoms with Gasteiger partial charge in [0.1, 0.15) is 36.8 Å². The van der Waals surface area contributed by atoms with Crippen molar-refractivity contribution in [3.05, 3.63) is 58.7 Å².